The van der Waals surface area contributed by atoms with E-state index in [4.69, 9.17) is 29.6 Å². The van der Waals surface area contributed by atoms with Crippen LogP contribution in [-0.2, 0) is 13.6 Å². The Morgan fingerprint density at radius 3 is 2.43 bits per heavy atom. The molecule has 0 bridgehead atoms. The highest BCUT2D eigenvalue weighted by Gasteiger charge is 2.25. The number of halogens is 1. The molecule has 1 aliphatic rings. The van der Waals surface area contributed by atoms with Crippen molar-refractivity contribution in [2.75, 3.05) is 26.2 Å². The van der Waals surface area contributed by atoms with Crippen molar-refractivity contribution in [1.29, 1.82) is 0 Å². The van der Waals surface area contributed by atoms with Crippen LogP contribution in [0.25, 0.3) is 0 Å². The topological polar surface area (TPSA) is 50.3 Å². The van der Waals surface area contributed by atoms with Crippen molar-refractivity contribution in [1.82, 2.24) is 19.6 Å². The summed E-state index contributed by atoms with van der Waals surface area (Å²) in [4.78, 5) is 5.41. The zero-order valence-electron chi connectivity index (χ0n) is 13.0. The predicted molar refractivity (Wildman–Crippen MR) is 90.7 cm³/mol. The second kappa shape index (κ2) is 7.05. The maximum Gasteiger partial charge on any atom is 0.131 e. The van der Waals surface area contributed by atoms with E-state index in [1.165, 1.54) is 0 Å². The van der Waals surface area contributed by atoms with Gasteiger partial charge < -0.3 is 5.73 Å². The number of rotatable bonds is 5. The fourth-order valence-electron chi connectivity index (χ4n) is 2.95. The number of piperazine rings is 1. The van der Waals surface area contributed by atoms with Gasteiger partial charge in [-0.15, -0.1) is 0 Å². The second-order valence-corrected chi connectivity index (χ2v) is 6.45. The third-order valence-corrected chi connectivity index (χ3v) is 4.96. The molecular weight excluding hydrogens is 306 g/mol. The van der Waals surface area contributed by atoms with E-state index < -0.39 is 0 Å². The molecule has 1 aromatic heterocycles. The van der Waals surface area contributed by atoms with Gasteiger partial charge in [0.15, 0.2) is 0 Å². The molecule has 1 saturated heterocycles. The minimum absolute atomic E-state index is 0.228. The molecule has 0 aromatic carbocycles. The van der Waals surface area contributed by atoms with Crippen LogP contribution in [0.4, 0.5) is 0 Å². The van der Waals surface area contributed by atoms with Gasteiger partial charge in [-0.1, -0.05) is 30.7 Å². The smallest absolute Gasteiger partial charge is 0.131 e. The minimum Gasteiger partial charge on any atom is -0.392 e. The molecule has 0 aliphatic carbocycles. The van der Waals surface area contributed by atoms with Crippen LogP contribution in [0.15, 0.2) is 0 Å². The number of nitrogens with two attached hydrogens (primary N) is 1. The van der Waals surface area contributed by atoms with Crippen LogP contribution in [0.5, 0.6) is 0 Å². The fourth-order valence-corrected chi connectivity index (χ4v) is 3.50. The lowest BCUT2D eigenvalue weighted by molar-refractivity contribution is 0.111. The van der Waals surface area contributed by atoms with Gasteiger partial charge in [0.2, 0.25) is 0 Å². The molecule has 2 rings (SSSR count). The van der Waals surface area contributed by atoms with Crippen LogP contribution in [0.2, 0.25) is 5.15 Å². The van der Waals surface area contributed by atoms with Gasteiger partial charge in [0.1, 0.15) is 5.15 Å². The molecule has 0 radical (unpaired) electrons. The van der Waals surface area contributed by atoms with E-state index in [1.807, 2.05) is 14.0 Å². The molecule has 1 atom stereocenters. The summed E-state index contributed by atoms with van der Waals surface area (Å²) >= 11 is 11.5. The van der Waals surface area contributed by atoms with Gasteiger partial charge in [0.05, 0.1) is 16.7 Å². The molecule has 1 fully saturated rings. The monoisotopic (exact) mass is 329 g/mol. The van der Waals surface area contributed by atoms with Crippen molar-refractivity contribution in [3.8, 4) is 0 Å². The standard InChI is InChI=1S/C14H24ClN5S/c1-4-12(14(16)21)20-7-5-19(6-8-20)9-11-10(2)17-18(3)13(11)15/h12H,4-9H2,1-3H3,(H2,16,21). The third-order valence-electron chi connectivity index (χ3n) is 4.21. The van der Waals surface area contributed by atoms with Gasteiger partial charge >= 0.3 is 0 Å². The highest BCUT2D eigenvalue weighted by molar-refractivity contribution is 7.80. The van der Waals surface area contributed by atoms with Crippen LogP contribution in [0.3, 0.4) is 0 Å². The molecular formula is C14H24ClN5S. The first-order valence-electron chi connectivity index (χ1n) is 7.37. The van der Waals surface area contributed by atoms with Crippen molar-refractivity contribution in [2.24, 2.45) is 12.8 Å². The molecule has 0 saturated carbocycles. The summed E-state index contributed by atoms with van der Waals surface area (Å²) in [6.45, 7) is 9.00. The minimum atomic E-state index is 0.228. The van der Waals surface area contributed by atoms with Gasteiger partial charge in [-0.2, -0.15) is 5.10 Å². The lowest BCUT2D eigenvalue weighted by atomic mass is 10.1. The van der Waals surface area contributed by atoms with Crippen molar-refractivity contribution in [3.05, 3.63) is 16.4 Å². The van der Waals surface area contributed by atoms with Crippen molar-refractivity contribution < 1.29 is 0 Å². The molecule has 2 heterocycles. The summed E-state index contributed by atoms with van der Waals surface area (Å²) in [7, 11) is 1.88. The Kier molecular flexibility index (Phi) is 5.60. The van der Waals surface area contributed by atoms with Gasteiger partial charge in [-0.25, -0.2) is 0 Å². The Hall–Kier alpha value is -0.690. The van der Waals surface area contributed by atoms with Crippen molar-refractivity contribution in [2.45, 2.75) is 32.9 Å². The highest BCUT2D eigenvalue weighted by Crippen LogP contribution is 2.21. The predicted octanol–water partition coefficient (Wildman–Crippen LogP) is 1.56. The number of hydrogen-bond acceptors (Lipinski definition) is 4. The number of hydrogen-bond donors (Lipinski definition) is 1. The fraction of sp³-hybridized carbons (Fsp3) is 0.714. The Bertz CT molecular complexity index is 508. The molecule has 1 aromatic rings. The number of nitrogens with zero attached hydrogens (tertiary/aromatic N) is 4. The normalized spacial score (nSPS) is 18.9. The van der Waals surface area contributed by atoms with E-state index in [0.29, 0.717) is 4.99 Å². The molecule has 2 N–H and O–H groups in total. The Morgan fingerprint density at radius 2 is 2.00 bits per heavy atom. The first kappa shape index (κ1) is 16.7. The molecule has 0 amide bonds. The summed E-state index contributed by atoms with van der Waals surface area (Å²) in [5.41, 5.74) is 7.97. The molecule has 1 aliphatic heterocycles. The number of aromatic nitrogens is 2. The van der Waals surface area contributed by atoms with Gasteiger partial charge in [-0.05, 0) is 13.3 Å². The average molecular weight is 330 g/mol. The number of thiocarbonyl (C=S) groups is 1. The van der Waals surface area contributed by atoms with E-state index in [9.17, 15) is 0 Å². The molecule has 5 nitrogen and oxygen atoms in total. The molecule has 21 heavy (non-hydrogen) atoms. The Morgan fingerprint density at radius 1 is 1.38 bits per heavy atom. The van der Waals surface area contributed by atoms with Gasteiger partial charge in [0, 0.05) is 45.3 Å². The second-order valence-electron chi connectivity index (χ2n) is 5.62. The van der Waals surface area contributed by atoms with E-state index in [1.54, 1.807) is 4.68 Å². The summed E-state index contributed by atoms with van der Waals surface area (Å²) in [6.07, 6.45) is 0.975. The van der Waals surface area contributed by atoms with E-state index in [2.05, 4.69) is 21.8 Å². The van der Waals surface area contributed by atoms with Crippen LogP contribution >= 0.6 is 23.8 Å². The quantitative estimate of drug-likeness (QED) is 0.831. The molecule has 1 unspecified atom stereocenters. The molecule has 118 valence electrons. The van der Waals surface area contributed by atoms with Gasteiger partial charge in [0.25, 0.3) is 0 Å². The lowest BCUT2D eigenvalue weighted by Crippen LogP contribution is -2.53. The molecule has 7 heteroatoms. The summed E-state index contributed by atoms with van der Waals surface area (Å²) in [6, 6.07) is 0.228. The maximum atomic E-state index is 6.31. The average Bonchev–Trinajstić information content (AvgIpc) is 2.67. The Balaban J connectivity index is 1.94. The zero-order valence-corrected chi connectivity index (χ0v) is 14.5. The zero-order chi connectivity index (χ0) is 15.6. The van der Waals surface area contributed by atoms with Crippen LogP contribution in [-0.4, -0.2) is 56.8 Å². The SMILES string of the molecule is CCC(C(N)=S)N1CCN(Cc2c(C)nn(C)c2Cl)CC1. The van der Waals surface area contributed by atoms with E-state index >= 15 is 0 Å². The lowest BCUT2D eigenvalue weighted by Gasteiger charge is -2.38. The largest absolute Gasteiger partial charge is 0.392 e. The number of aryl methyl sites for hydroxylation is 2. The van der Waals surface area contributed by atoms with E-state index in [0.717, 1.165) is 55.6 Å². The first-order valence-corrected chi connectivity index (χ1v) is 8.16. The molecule has 0 spiro atoms. The van der Waals surface area contributed by atoms with E-state index in [-0.39, 0.29) is 6.04 Å². The van der Waals surface area contributed by atoms with Crippen LogP contribution < -0.4 is 5.73 Å². The summed E-state index contributed by atoms with van der Waals surface area (Å²) in [5, 5.41) is 5.11. The van der Waals surface area contributed by atoms with Crippen molar-refractivity contribution >= 4 is 28.8 Å². The summed E-state index contributed by atoms with van der Waals surface area (Å²) < 4.78 is 1.74. The van der Waals surface area contributed by atoms with Crippen molar-refractivity contribution in [3.63, 3.8) is 0 Å². The maximum absolute atomic E-state index is 6.31. The third kappa shape index (κ3) is 3.74. The summed E-state index contributed by atoms with van der Waals surface area (Å²) in [5.74, 6) is 0. The first-order chi connectivity index (χ1) is 9.93. The van der Waals surface area contributed by atoms with Crippen LogP contribution in [0, 0.1) is 6.92 Å². The highest BCUT2D eigenvalue weighted by atomic mass is 35.5. The van der Waals surface area contributed by atoms with Crippen LogP contribution in [0.1, 0.15) is 24.6 Å². The van der Waals surface area contributed by atoms with Gasteiger partial charge in [-0.3, -0.25) is 14.5 Å². The Labute approximate surface area is 137 Å².